The summed E-state index contributed by atoms with van der Waals surface area (Å²) in [4.78, 5) is 34.9. The van der Waals surface area contributed by atoms with Crippen LogP contribution in [0.15, 0.2) is 62.9 Å². The number of anilines is 3. The lowest BCUT2D eigenvalue weighted by atomic mass is 9.96. The number of nitrogens with one attached hydrogen (secondary N) is 5. The highest BCUT2D eigenvalue weighted by molar-refractivity contribution is 9.11. The van der Waals surface area contributed by atoms with E-state index in [1.54, 1.807) is 20.5 Å². The summed E-state index contributed by atoms with van der Waals surface area (Å²) in [5.41, 5.74) is 6.21. The van der Waals surface area contributed by atoms with E-state index in [9.17, 15) is 0 Å². The predicted octanol–water partition coefficient (Wildman–Crippen LogP) is 8.56. The van der Waals surface area contributed by atoms with Crippen LogP contribution in [0, 0.1) is 11.8 Å². The van der Waals surface area contributed by atoms with Gasteiger partial charge >= 0.3 is 0 Å². The van der Waals surface area contributed by atoms with Crippen LogP contribution in [0.4, 0.5) is 17.7 Å². The largest absolute Gasteiger partial charge is 0.497 e. The fourth-order valence-electron chi connectivity index (χ4n) is 6.94. The van der Waals surface area contributed by atoms with Crippen LogP contribution < -0.4 is 30.3 Å². The van der Waals surface area contributed by atoms with Gasteiger partial charge in [-0.2, -0.15) is 0 Å². The molecule has 14 nitrogen and oxygen atoms in total. The van der Waals surface area contributed by atoms with Gasteiger partial charge in [-0.1, -0.05) is 13.8 Å². The molecule has 0 amide bonds. The number of ether oxygens (including phenoxy) is 2. The molecule has 0 saturated carbocycles. The molecule has 17 heteroatoms. The Kier molecular flexibility index (Phi) is 15.7. The quantitative estimate of drug-likeness (QED) is 0.0787. The van der Waals surface area contributed by atoms with E-state index in [0.717, 1.165) is 142 Å². The number of H-pyrrole nitrogens is 2. The molecule has 2 aliphatic rings. The highest BCUT2D eigenvalue weighted by Crippen LogP contribution is 2.29. The minimum atomic E-state index is 0.620. The molecule has 2 aromatic carbocycles. The van der Waals surface area contributed by atoms with Crippen LogP contribution >= 0.6 is 47.8 Å². The molecule has 0 bridgehead atoms. The van der Waals surface area contributed by atoms with E-state index in [2.05, 4.69) is 122 Å². The second kappa shape index (κ2) is 21.1. The van der Waals surface area contributed by atoms with Gasteiger partial charge in [0.05, 0.1) is 36.3 Å². The first-order valence-electron chi connectivity index (χ1n) is 19.4. The number of halogens is 3. The van der Waals surface area contributed by atoms with Gasteiger partial charge in [0.1, 0.15) is 43.8 Å². The summed E-state index contributed by atoms with van der Waals surface area (Å²) in [5, 5.41) is 10.3. The van der Waals surface area contributed by atoms with Gasteiger partial charge in [0.25, 0.3) is 0 Å². The van der Waals surface area contributed by atoms with Crippen molar-refractivity contribution in [1.29, 1.82) is 0 Å². The van der Waals surface area contributed by atoms with E-state index in [-0.39, 0.29) is 0 Å². The topological polar surface area (TPSA) is 167 Å². The number of benzene rings is 2. The number of nitrogens with zero attached hydrogens (tertiary/aromatic N) is 7. The van der Waals surface area contributed by atoms with Gasteiger partial charge < -0.3 is 40.3 Å². The highest BCUT2D eigenvalue weighted by Gasteiger charge is 2.23. The Morgan fingerprint density at radius 1 is 0.667 bits per heavy atom. The number of rotatable bonds is 11. The summed E-state index contributed by atoms with van der Waals surface area (Å²) in [6, 6.07) is 11.7. The Morgan fingerprint density at radius 2 is 1.14 bits per heavy atom. The third kappa shape index (κ3) is 11.5. The highest BCUT2D eigenvalue weighted by atomic mass is 79.9. The van der Waals surface area contributed by atoms with Crippen molar-refractivity contribution in [3.63, 3.8) is 0 Å². The summed E-state index contributed by atoms with van der Waals surface area (Å²) in [7, 11) is 3.35. The van der Waals surface area contributed by atoms with Crippen LogP contribution in [-0.4, -0.2) is 93.4 Å². The molecule has 8 rings (SSSR count). The summed E-state index contributed by atoms with van der Waals surface area (Å²) < 4.78 is 13.1. The summed E-state index contributed by atoms with van der Waals surface area (Å²) in [6.45, 7) is 10.4. The fourth-order valence-corrected chi connectivity index (χ4v) is 8.87. The van der Waals surface area contributed by atoms with Crippen molar-refractivity contribution in [2.24, 2.45) is 11.8 Å². The second-order valence-corrected chi connectivity index (χ2v) is 16.2. The number of hydrogen-bond acceptors (Lipinski definition) is 12. The number of piperidine rings is 2. The minimum absolute atomic E-state index is 0.620. The molecule has 6 heterocycles. The molecule has 2 saturated heterocycles. The number of aromatic nitrogens is 8. The normalized spacial score (nSPS) is 14.8. The van der Waals surface area contributed by atoms with E-state index in [0.29, 0.717) is 5.92 Å². The lowest BCUT2D eigenvalue weighted by molar-refractivity contribution is 0.389. The summed E-state index contributed by atoms with van der Waals surface area (Å²) >= 11 is 10.2. The zero-order valence-corrected chi connectivity index (χ0v) is 37.6. The molecule has 0 spiro atoms. The van der Waals surface area contributed by atoms with Gasteiger partial charge in [-0.15, -0.1) is 0 Å². The number of imidazole rings is 2. The van der Waals surface area contributed by atoms with Crippen molar-refractivity contribution in [3.8, 4) is 11.5 Å². The lowest BCUT2D eigenvalue weighted by Gasteiger charge is -2.33. The molecule has 0 aliphatic carbocycles. The van der Waals surface area contributed by atoms with Crippen LogP contribution in [0.25, 0.3) is 22.1 Å². The van der Waals surface area contributed by atoms with E-state index in [1.807, 2.05) is 36.4 Å². The van der Waals surface area contributed by atoms with Crippen molar-refractivity contribution < 1.29 is 9.47 Å². The molecule has 2 aliphatic heterocycles. The molecule has 57 heavy (non-hydrogen) atoms. The Labute approximate surface area is 359 Å². The first-order valence-corrected chi connectivity index (χ1v) is 21.8. The van der Waals surface area contributed by atoms with Crippen molar-refractivity contribution in [1.82, 2.24) is 45.2 Å². The monoisotopic (exact) mass is 968 g/mol. The number of hydrogen-bond donors (Lipinski definition) is 5. The maximum atomic E-state index is 5.27. The van der Waals surface area contributed by atoms with E-state index in [1.165, 1.54) is 24.7 Å². The Hall–Kier alpha value is -4.06. The maximum Gasteiger partial charge on any atom is 0.201 e. The average molecular weight is 972 g/mol. The summed E-state index contributed by atoms with van der Waals surface area (Å²) in [6.07, 6.45) is 9.76. The van der Waals surface area contributed by atoms with Crippen molar-refractivity contribution in [3.05, 3.63) is 74.0 Å². The summed E-state index contributed by atoms with van der Waals surface area (Å²) in [5.74, 6) is 5.78. The Balaban J connectivity index is 0.000000162. The first-order chi connectivity index (χ1) is 27.8. The number of aromatic amines is 2. The first kappa shape index (κ1) is 42.5. The van der Waals surface area contributed by atoms with E-state index >= 15 is 0 Å². The van der Waals surface area contributed by atoms with Crippen LogP contribution in [0.5, 0.6) is 11.5 Å². The van der Waals surface area contributed by atoms with Crippen molar-refractivity contribution in [2.45, 2.75) is 52.4 Å². The van der Waals surface area contributed by atoms with Gasteiger partial charge in [0.15, 0.2) is 0 Å². The van der Waals surface area contributed by atoms with Crippen LogP contribution in [-0.2, 0) is 12.8 Å². The van der Waals surface area contributed by atoms with Crippen LogP contribution in [0.2, 0.25) is 0 Å². The second-order valence-electron chi connectivity index (χ2n) is 13.9. The minimum Gasteiger partial charge on any atom is -0.497 e. The molecule has 0 unspecified atom stereocenters. The van der Waals surface area contributed by atoms with Crippen molar-refractivity contribution >= 4 is 87.6 Å². The third-order valence-electron chi connectivity index (χ3n) is 10.3. The molecular weight excluding hydrogens is 920 g/mol. The molecular formula is C40H51Br3N12O2. The predicted molar refractivity (Wildman–Crippen MR) is 239 cm³/mol. The third-order valence-corrected chi connectivity index (χ3v) is 12.3. The molecule has 2 fully saturated rings. The fraction of sp³-hybridized carbons (Fsp3) is 0.450. The zero-order chi connectivity index (χ0) is 40.1. The van der Waals surface area contributed by atoms with Gasteiger partial charge in [0.2, 0.25) is 11.9 Å². The van der Waals surface area contributed by atoms with Gasteiger partial charge in [0, 0.05) is 49.4 Å². The van der Waals surface area contributed by atoms with Crippen LogP contribution in [0.3, 0.4) is 0 Å². The van der Waals surface area contributed by atoms with Crippen LogP contribution in [0.1, 0.15) is 50.7 Å². The number of fused-ring (bicyclic) bond motifs is 2. The Bertz CT molecular complexity index is 2160. The van der Waals surface area contributed by atoms with Gasteiger partial charge in [-0.25, -0.2) is 29.9 Å². The lowest BCUT2D eigenvalue weighted by Crippen LogP contribution is -2.37. The Morgan fingerprint density at radius 3 is 1.61 bits per heavy atom. The van der Waals surface area contributed by atoms with Gasteiger partial charge in [-0.05, 0) is 136 Å². The maximum absolute atomic E-state index is 5.27. The van der Waals surface area contributed by atoms with Gasteiger partial charge in [-0.3, -0.25) is 0 Å². The molecule has 6 aromatic rings. The molecule has 0 radical (unpaired) electrons. The molecule has 0 atom stereocenters. The molecule has 4 aromatic heterocycles. The van der Waals surface area contributed by atoms with E-state index < -0.39 is 0 Å². The number of methoxy groups -OCH3 is 2. The zero-order valence-electron chi connectivity index (χ0n) is 32.8. The SMILES string of the molecule is CCc1c(Br)ncnc1Br.CCc1c(Br)ncnc1N1CCC(CNc2nc3ccc(OC)cc3[nH]2)CC1.COc1ccc2nc(NCC3CCNCC3)[nH]c2c1. The smallest absolute Gasteiger partial charge is 0.201 e. The van der Waals surface area contributed by atoms with Crippen molar-refractivity contribution in [2.75, 3.05) is 69.0 Å². The average Bonchev–Trinajstić information content (AvgIpc) is 3.86. The van der Waals surface area contributed by atoms with E-state index in [4.69, 9.17) is 9.47 Å². The molecule has 304 valence electrons. The molecule has 5 N–H and O–H groups in total. The standard InChI is InChI=1S/C20H25BrN6O.C14H20N4O.C6H6Br2N2/c1-3-15-18(21)23-12-24-19(15)27-8-6-13(7-9-27)11-22-20-25-16-5-4-14(28-2)10-17(16)26-20;1-19-11-2-3-12-13(8-11)18-14(17-12)16-9-10-4-6-15-7-5-10;1-2-4-5(7)9-3-10-6(4)8/h4-5,10,12-13H,3,6-9,11H2,1-2H3,(H2,22,25,26);2-3,8,10,15H,4-7,9H2,1H3,(H2,16,17,18);3H,2H2,1H3.